The van der Waals surface area contributed by atoms with Crippen molar-refractivity contribution in [3.63, 3.8) is 0 Å². The molecule has 1 fully saturated rings. The number of hydrogen-bond donors (Lipinski definition) is 1. The van der Waals surface area contributed by atoms with Gasteiger partial charge >= 0.3 is 0 Å². The summed E-state index contributed by atoms with van der Waals surface area (Å²) in [6.07, 6.45) is 1.48. The highest BCUT2D eigenvalue weighted by molar-refractivity contribution is 4.78. The largest absolute Gasteiger partial charge is 0.311 e. The maximum atomic E-state index is 12.3. The third-order valence-corrected chi connectivity index (χ3v) is 1.65. The molecule has 1 aliphatic heterocycles. The first-order chi connectivity index (χ1) is 3.80. The molecule has 2 atom stereocenters. The van der Waals surface area contributed by atoms with Gasteiger partial charge in [0.15, 0.2) is 0 Å². The molecule has 1 saturated heterocycles. The van der Waals surface area contributed by atoms with E-state index in [4.69, 9.17) is 0 Å². The maximum Gasteiger partial charge on any atom is 0.113 e. The van der Waals surface area contributed by atoms with Gasteiger partial charge in [-0.15, -0.1) is 0 Å². The summed E-state index contributed by atoms with van der Waals surface area (Å²) in [4.78, 5) is 0. The van der Waals surface area contributed by atoms with Crippen LogP contribution < -0.4 is 5.32 Å². The average Bonchev–Trinajstić information content (AvgIpc) is 2.12. The zero-order valence-corrected chi connectivity index (χ0v) is 5.15. The number of nitrogens with one attached hydrogen (secondary N) is 1. The van der Waals surface area contributed by atoms with E-state index in [0.29, 0.717) is 0 Å². The molecular formula is C6H12FN. The summed E-state index contributed by atoms with van der Waals surface area (Å²) in [5.74, 6) is 0. The van der Waals surface area contributed by atoms with Crippen LogP contribution in [-0.2, 0) is 0 Å². The van der Waals surface area contributed by atoms with Crippen molar-refractivity contribution in [2.24, 2.45) is 0 Å². The SMILES string of the molecule is CC(F)[C@@H]1CCCN1. The Morgan fingerprint density at radius 1 is 1.75 bits per heavy atom. The summed E-state index contributed by atoms with van der Waals surface area (Å²) < 4.78 is 12.3. The van der Waals surface area contributed by atoms with Gasteiger partial charge in [-0.05, 0) is 26.3 Å². The zero-order valence-electron chi connectivity index (χ0n) is 5.15. The summed E-state index contributed by atoms with van der Waals surface area (Å²) in [5.41, 5.74) is 0. The van der Waals surface area contributed by atoms with Crippen molar-refractivity contribution in [1.82, 2.24) is 5.32 Å². The first-order valence-corrected chi connectivity index (χ1v) is 3.18. The van der Waals surface area contributed by atoms with Crippen LogP contribution in [0.2, 0.25) is 0 Å². The fourth-order valence-electron chi connectivity index (χ4n) is 1.10. The van der Waals surface area contributed by atoms with E-state index in [0.717, 1.165) is 19.4 Å². The Bertz CT molecular complexity index is 66.9. The van der Waals surface area contributed by atoms with E-state index >= 15 is 0 Å². The van der Waals surface area contributed by atoms with Crippen LogP contribution in [-0.4, -0.2) is 18.8 Å². The highest BCUT2D eigenvalue weighted by Gasteiger charge is 2.19. The highest BCUT2D eigenvalue weighted by Crippen LogP contribution is 2.10. The third-order valence-electron chi connectivity index (χ3n) is 1.65. The molecule has 1 nitrogen and oxygen atoms in total. The predicted molar refractivity (Wildman–Crippen MR) is 31.6 cm³/mol. The molecule has 0 aromatic rings. The lowest BCUT2D eigenvalue weighted by Gasteiger charge is -2.09. The first-order valence-electron chi connectivity index (χ1n) is 3.18. The molecule has 0 aromatic heterocycles. The topological polar surface area (TPSA) is 12.0 Å². The molecule has 1 heterocycles. The van der Waals surface area contributed by atoms with Crippen molar-refractivity contribution in [3.8, 4) is 0 Å². The van der Waals surface area contributed by atoms with Crippen LogP contribution >= 0.6 is 0 Å². The molecule has 1 N–H and O–H groups in total. The van der Waals surface area contributed by atoms with E-state index in [9.17, 15) is 4.39 Å². The minimum Gasteiger partial charge on any atom is -0.311 e. The number of alkyl halides is 1. The molecule has 1 aliphatic rings. The summed E-state index contributed by atoms with van der Waals surface area (Å²) in [6.45, 7) is 2.61. The lowest BCUT2D eigenvalue weighted by atomic mass is 10.1. The van der Waals surface area contributed by atoms with Crippen LogP contribution in [0.1, 0.15) is 19.8 Å². The van der Waals surface area contributed by atoms with Crippen molar-refractivity contribution in [2.45, 2.75) is 32.0 Å². The van der Waals surface area contributed by atoms with Gasteiger partial charge in [0.1, 0.15) is 6.17 Å². The molecule has 2 heteroatoms. The number of halogens is 1. The second-order valence-corrected chi connectivity index (χ2v) is 2.38. The molecule has 48 valence electrons. The number of rotatable bonds is 1. The second kappa shape index (κ2) is 2.44. The lowest BCUT2D eigenvalue weighted by molar-refractivity contribution is 0.288. The van der Waals surface area contributed by atoms with Gasteiger partial charge in [0.25, 0.3) is 0 Å². The van der Waals surface area contributed by atoms with Gasteiger partial charge in [0, 0.05) is 6.04 Å². The molecule has 8 heavy (non-hydrogen) atoms. The smallest absolute Gasteiger partial charge is 0.113 e. The Morgan fingerprint density at radius 2 is 2.50 bits per heavy atom. The van der Waals surface area contributed by atoms with Gasteiger partial charge < -0.3 is 5.32 Å². The van der Waals surface area contributed by atoms with E-state index < -0.39 is 6.17 Å². The van der Waals surface area contributed by atoms with E-state index in [2.05, 4.69) is 5.32 Å². The third kappa shape index (κ3) is 1.19. The minimum absolute atomic E-state index is 0.148. The fourth-order valence-corrected chi connectivity index (χ4v) is 1.10. The average molecular weight is 117 g/mol. The molecule has 0 radical (unpaired) electrons. The van der Waals surface area contributed by atoms with Gasteiger partial charge in [-0.3, -0.25) is 0 Å². The van der Waals surface area contributed by atoms with Crippen LogP contribution in [0.4, 0.5) is 4.39 Å². The van der Waals surface area contributed by atoms with E-state index in [1.54, 1.807) is 6.92 Å². The molecule has 0 aliphatic carbocycles. The second-order valence-electron chi connectivity index (χ2n) is 2.38. The predicted octanol–water partition coefficient (Wildman–Crippen LogP) is 1.10. The van der Waals surface area contributed by atoms with Crippen molar-refractivity contribution in [2.75, 3.05) is 6.54 Å². The molecule has 0 bridgehead atoms. The Morgan fingerprint density at radius 3 is 2.75 bits per heavy atom. The molecular weight excluding hydrogens is 105 g/mol. The zero-order chi connectivity index (χ0) is 5.98. The highest BCUT2D eigenvalue weighted by atomic mass is 19.1. The molecule has 0 amide bonds. The van der Waals surface area contributed by atoms with Gasteiger partial charge in [-0.25, -0.2) is 4.39 Å². The lowest BCUT2D eigenvalue weighted by Crippen LogP contribution is -2.29. The molecule has 1 unspecified atom stereocenters. The van der Waals surface area contributed by atoms with Gasteiger partial charge in [-0.2, -0.15) is 0 Å². The Balaban J connectivity index is 2.24. The quantitative estimate of drug-likeness (QED) is 0.542. The van der Waals surface area contributed by atoms with Crippen molar-refractivity contribution >= 4 is 0 Å². The van der Waals surface area contributed by atoms with Crippen LogP contribution in [0.5, 0.6) is 0 Å². The van der Waals surface area contributed by atoms with E-state index in [1.807, 2.05) is 0 Å². The standard InChI is InChI=1S/C6H12FN/c1-5(7)6-3-2-4-8-6/h5-6,8H,2-4H2,1H3/t5?,6-/m0/s1. The van der Waals surface area contributed by atoms with Gasteiger partial charge in [0.05, 0.1) is 0 Å². The fraction of sp³-hybridized carbons (Fsp3) is 1.00. The Labute approximate surface area is 49.3 Å². The molecule has 1 rings (SSSR count). The van der Waals surface area contributed by atoms with Crippen LogP contribution in [0.25, 0.3) is 0 Å². The normalized spacial score (nSPS) is 33.0. The van der Waals surface area contributed by atoms with Crippen molar-refractivity contribution < 1.29 is 4.39 Å². The molecule has 0 spiro atoms. The molecule has 0 saturated carbocycles. The van der Waals surface area contributed by atoms with E-state index in [-0.39, 0.29) is 6.04 Å². The number of hydrogen-bond acceptors (Lipinski definition) is 1. The van der Waals surface area contributed by atoms with Crippen LogP contribution in [0.3, 0.4) is 0 Å². The van der Waals surface area contributed by atoms with Crippen LogP contribution in [0.15, 0.2) is 0 Å². The van der Waals surface area contributed by atoms with Crippen LogP contribution in [0, 0.1) is 0 Å². The van der Waals surface area contributed by atoms with Gasteiger partial charge in [0.2, 0.25) is 0 Å². The maximum absolute atomic E-state index is 12.3. The summed E-state index contributed by atoms with van der Waals surface area (Å²) >= 11 is 0. The Kier molecular flexibility index (Phi) is 1.84. The van der Waals surface area contributed by atoms with Crippen molar-refractivity contribution in [1.29, 1.82) is 0 Å². The van der Waals surface area contributed by atoms with Crippen molar-refractivity contribution in [3.05, 3.63) is 0 Å². The summed E-state index contributed by atoms with van der Waals surface area (Å²) in [7, 11) is 0. The monoisotopic (exact) mass is 117 g/mol. The van der Waals surface area contributed by atoms with Gasteiger partial charge in [-0.1, -0.05) is 0 Å². The molecule has 0 aromatic carbocycles. The summed E-state index contributed by atoms with van der Waals surface area (Å²) in [5, 5.41) is 3.08. The minimum atomic E-state index is -0.669. The Hall–Kier alpha value is -0.110. The summed E-state index contributed by atoms with van der Waals surface area (Å²) in [6, 6.07) is 0.148. The van der Waals surface area contributed by atoms with E-state index in [1.165, 1.54) is 0 Å². The first kappa shape index (κ1) is 6.02.